The van der Waals surface area contributed by atoms with Crippen LogP contribution in [0, 0.1) is 0 Å². The Morgan fingerprint density at radius 3 is 1.93 bits per heavy atom. The molecule has 0 radical (unpaired) electrons. The Balaban J connectivity index is 3.18. The van der Waals surface area contributed by atoms with Gasteiger partial charge in [-0.05, 0) is 17.7 Å². The van der Waals surface area contributed by atoms with Crippen LogP contribution in [0.4, 0.5) is 17.6 Å². The van der Waals surface area contributed by atoms with E-state index >= 15 is 0 Å². The lowest BCUT2D eigenvalue weighted by molar-refractivity contribution is -0.271. The molecule has 15 heavy (non-hydrogen) atoms. The van der Waals surface area contributed by atoms with Crippen LogP contribution in [0.25, 0.3) is 0 Å². The molecule has 1 N–H and O–H groups in total. The first-order valence-electron chi connectivity index (χ1n) is 3.92. The molecule has 1 aromatic carbocycles. The Bertz CT molecular complexity index is 335. The second-order valence-electron chi connectivity index (χ2n) is 3.00. The highest BCUT2D eigenvalue weighted by atomic mass is 79.9. The molecule has 0 bridgehead atoms. The fourth-order valence-corrected chi connectivity index (χ4v) is 1.31. The molecule has 0 saturated heterocycles. The summed E-state index contributed by atoms with van der Waals surface area (Å²) in [6.45, 7) is -1.90. The fraction of sp³-hybridized carbons (Fsp3) is 0.333. The lowest BCUT2D eigenvalue weighted by Crippen LogP contribution is -2.44. The van der Waals surface area contributed by atoms with Crippen LogP contribution < -0.4 is 0 Å². The van der Waals surface area contributed by atoms with Crippen molar-refractivity contribution in [2.24, 2.45) is 0 Å². The third kappa shape index (κ3) is 2.31. The first-order valence-corrected chi connectivity index (χ1v) is 4.71. The zero-order chi connectivity index (χ0) is 11.7. The molecule has 0 aromatic heterocycles. The van der Waals surface area contributed by atoms with Gasteiger partial charge in [0.05, 0.1) is 0 Å². The largest absolute Gasteiger partial charge is 0.424 e. The lowest BCUT2D eigenvalue weighted by Gasteiger charge is -2.27. The molecule has 0 amide bonds. The van der Waals surface area contributed by atoms with Gasteiger partial charge in [0.25, 0.3) is 0 Å². The van der Waals surface area contributed by atoms with Crippen molar-refractivity contribution in [2.45, 2.75) is 11.8 Å². The van der Waals surface area contributed by atoms with E-state index in [1.54, 1.807) is 0 Å². The van der Waals surface area contributed by atoms with E-state index in [0.29, 0.717) is 4.47 Å². The van der Waals surface area contributed by atoms with Crippen molar-refractivity contribution in [1.82, 2.24) is 0 Å². The van der Waals surface area contributed by atoms with E-state index in [2.05, 4.69) is 15.9 Å². The normalized spacial score (nSPS) is 16.1. The van der Waals surface area contributed by atoms with Gasteiger partial charge in [-0.3, -0.25) is 0 Å². The van der Waals surface area contributed by atoms with Gasteiger partial charge >= 0.3 is 6.18 Å². The smallest absolute Gasteiger partial charge is 0.374 e. The molecular weight excluding hydrogens is 280 g/mol. The van der Waals surface area contributed by atoms with E-state index in [9.17, 15) is 22.7 Å². The summed E-state index contributed by atoms with van der Waals surface area (Å²) >= 11 is 3.03. The van der Waals surface area contributed by atoms with Gasteiger partial charge in [0.2, 0.25) is 5.60 Å². The van der Waals surface area contributed by atoms with Crippen LogP contribution in [-0.2, 0) is 5.60 Å². The molecule has 0 spiro atoms. The first-order chi connectivity index (χ1) is 6.81. The van der Waals surface area contributed by atoms with Crippen LogP contribution in [0.5, 0.6) is 0 Å². The van der Waals surface area contributed by atoms with Crippen molar-refractivity contribution in [2.75, 3.05) is 6.67 Å². The maximum absolute atomic E-state index is 12.4. The molecule has 1 aromatic rings. The van der Waals surface area contributed by atoms with Gasteiger partial charge < -0.3 is 5.11 Å². The summed E-state index contributed by atoms with van der Waals surface area (Å²) < 4.78 is 50.1. The van der Waals surface area contributed by atoms with Crippen molar-refractivity contribution in [3.05, 3.63) is 34.3 Å². The predicted octanol–water partition coefficient (Wildman–Crippen LogP) is 3.17. The first kappa shape index (κ1) is 12.4. The fourth-order valence-electron chi connectivity index (χ4n) is 1.04. The van der Waals surface area contributed by atoms with E-state index in [4.69, 9.17) is 0 Å². The third-order valence-corrected chi connectivity index (χ3v) is 2.51. The maximum atomic E-state index is 12.4. The number of halogens is 5. The highest BCUT2D eigenvalue weighted by Gasteiger charge is 2.55. The molecular formula is C9H7BrF4O. The molecule has 84 valence electrons. The van der Waals surface area contributed by atoms with Crippen molar-refractivity contribution >= 4 is 15.9 Å². The van der Waals surface area contributed by atoms with Crippen LogP contribution in [0.3, 0.4) is 0 Å². The number of hydrogen-bond donors (Lipinski definition) is 1. The van der Waals surface area contributed by atoms with Crippen LogP contribution in [0.2, 0.25) is 0 Å². The Hall–Kier alpha value is -0.620. The van der Waals surface area contributed by atoms with Crippen LogP contribution in [-0.4, -0.2) is 18.0 Å². The third-order valence-electron chi connectivity index (χ3n) is 1.98. The van der Waals surface area contributed by atoms with Crippen molar-refractivity contribution < 1.29 is 22.7 Å². The standard InChI is InChI=1S/C9H7BrF4O/c10-7-3-1-6(2-4-7)8(15,5-11)9(12,13)14/h1-4,15H,5H2. The molecule has 1 rings (SSSR count). The molecule has 6 heteroatoms. The quantitative estimate of drug-likeness (QED) is 0.828. The van der Waals surface area contributed by atoms with Crippen molar-refractivity contribution in [3.8, 4) is 0 Å². The molecule has 0 aliphatic carbocycles. The summed E-state index contributed by atoms with van der Waals surface area (Å²) in [5.41, 5.74) is -3.94. The highest BCUT2D eigenvalue weighted by Crippen LogP contribution is 2.39. The van der Waals surface area contributed by atoms with Crippen LogP contribution >= 0.6 is 15.9 Å². The summed E-state index contributed by atoms with van der Waals surface area (Å²) in [5, 5.41) is 9.20. The number of rotatable bonds is 2. The average Bonchev–Trinajstić information content (AvgIpc) is 2.16. The van der Waals surface area contributed by atoms with Crippen LogP contribution in [0.1, 0.15) is 5.56 Å². The lowest BCUT2D eigenvalue weighted by atomic mass is 9.95. The van der Waals surface area contributed by atoms with Gasteiger partial charge in [0.15, 0.2) is 0 Å². The van der Waals surface area contributed by atoms with Gasteiger partial charge in [-0.2, -0.15) is 13.2 Å². The van der Waals surface area contributed by atoms with E-state index in [1.807, 2.05) is 0 Å². The van der Waals surface area contributed by atoms with Crippen LogP contribution in [0.15, 0.2) is 28.7 Å². The molecule has 0 fully saturated rings. The van der Waals surface area contributed by atoms with E-state index in [1.165, 1.54) is 12.1 Å². The maximum Gasteiger partial charge on any atom is 0.424 e. The minimum atomic E-state index is -5.03. The number of hydrogen-bond acceptors (Lipinski definition) is 1. The number of alkyl halides is 4. The Morgan fingerprint density at radius 1 is 1.13 bits per heavy atom. The SMILES string of the molecule is OC(CF)(c1ccc(Br)cc1)C(F)(F)F. The minimum Gasteiger partial charge on any atom is -0.374 e. The van der Waals surface area contributed by atoms with Gasteiger partial charge in [0.1, 0.15) is 6.67 Å². The monoisotopic (exact) mass is 286 g/mol. The van der Waals surface area contributed by atoms with Crippen molar-refractivity contribution in [1.29, 1.82) is 0 Å². The number of aliphatic hydroxyl groups is 1. The molecule has 0 heterocycles. The Kier molecular flexibility index (Phi) is 3.40. The van der Waals surface area contributed by atoms with E-state index < -0.39 is 24.0 Å². The zero-order valence-electron chi connectivity index (χ0n) is 7.35. The summed E-state index contributed by atoms with van der Waals surface area (Å²) in [5.74, 6) is 0. The van der Waals surface area contributed by atoms with E-state index in [0.717, 1.165) is 12.1 Å². The summed E-state index contributed by atoms with van der Waals surface area (Å²) in [6.07, 6.45) is -5.03. The minimum absolute atomic E-state index is 0.513. The molecule has 0 aliphatic heterocycles. The number of benzene rings is 1. The average molecular weight is 287 g/mol. The molecule has 1 atom stereocenters. The summed E-state index contributed by atoms with van der Waals surface area (Å²) in [6, 6.07) is 4.66. The molecule has 1 nitrogen and oxygen atoms in total. The Morgan fingerprint density at radius 2 is 1.60 bits per heavy atom. The van der Waals surface area contributed by atoms with Gasteiger partial charge in [0, 0.05) is 4.47 Å². The highest BCUT2D eigenvalue weighted by molar-refractivity contribution is 9.10. The van der Waals surface area contributed by atoms with Gasteiger partial charge in [-0.1, -0.05) is 28.1 Å². The summed E-state index contributed by atoms with van der Waals surface area (Å²) in [4.78, 5) is 0. The molecule has 0 aliphatic rings. The Labute approximate surface area is 91.9 Å². The van der Waals surface area contributed by atoms with Gasteiger partial charge in [-0.25, -0.2) is 4.39 Å². The second kappa shape index (κ2) is 4.09. The zero-order valence-corrected chi connectivity index (χ0v) is 8.94. The molecule has 1 unspecified atom stereocenters. The van der Waals surface area contributed by atoms with Crippen molar-refractivity contribution in [3.63, 3.8) is 0 Å². The molecule has 0 saturated carbocycles. The van der Waals surface area contributed by atoms with E-state index in [-0.39, 0.29) is 0 Å². The second-order valence-corrected chi connectivity index (χ2v) is 3.91. The topological polar surface area (TPSA) is 20.2 Å². The van der Waals surface area contributed by atoms with Gasteiger partial charge in [-0.15, -0.1) is 0 Å². The summed E-state index contributed by atoms with van der Waals surface area (Å²) in [7, 11) is 0. The predicted molar refractivity (Wildman–Crippen MR) is 50.1 cm³/mol.